The van der Waals surface area contributed by atoms with E-state index in [-0.39, 0.29) is 5.69 Å². The third-order valence-electron chi connectivity index (χ3n) is 3.57. The van der Waals surface area contributed by atoms with Gasteiger partial charge < -0.3 is 10.1 Å². The van der Waals surface area contributed by atoms with Gasteiger partial charge in [-0.2, -0.15) is 5.10 Å². The molecule has 0 saturated carbocycles. The molecule has 26 heavy (non-hydrogen) atoms. The maximum atomic E-state index is 12.3. The summed E-state index contributed by atoms with van der Waals surface area (Å²) in [6.07, 6.45) is -0.266. The number of hydrogen-bond acceptors (Lipinski definition) is 5. The van der Waals surface area contributed by atoms with Gasteiger partial charge in [0.15, 0.2) is 6.10 Å². The molecule has 1 aromatic heterocycles. The maximum absolute atomic E-state index is 12.3. The first-order valence-electron chi connectivity index (χ1n) is 8.19. The molecule has 1 N–H and O–H groups in total. The van der Waals surface area contributed by atoms with Crippen molar-refractivity contribution in [2.24, 2.45) is 0 Å². The van der Waals surface area contributed by atoms with Crippen molar-refractivity contribution < 1.29 is 14.3 Å². The van der Waals surface area contributed by atoms with Crippen LogP contribution in [0, 0.1) is 6.92 Å². The van der Waals surface area contributed by atoms with Gasteiger partial charge in [0.25, 0.3) is 5.91 Å². The van der Waals surface area contributed by atoms with Crippen LogP contribution < -0.4 is 10.7 Å². The van der Waals surface area contributed by atoms with Crippen LogP contribution in [0.15, 0.2) is 35.1 Å². The maximum Gasteiger partial charge on any atom is 0.363 e. The first kappa shape index (κ1) is 19.7. The number of carbonyl (C=O) groups excluding carboxylic acids is 2. The third kappa shape index (κ3) is 4.70. The Hall–Kier alpha value is -2.67. The van der Waals surface area contributed by atoms with Gasteiger partial charge in [0.1, 0.15) is 0 Å². The Morgan fingerprint density at radius 3 is 2.58 bits per heavy atom. The molecule has 2 rings (SSSR count). The number of nitrogens with one attached hydrogen (secondary N) is 1. The minimum absolute atomic E-state index is 0.388. The summed E-state index contributed by atoms with van der Waals surface area (Å²) in [7, 11) is 0. The Morgan fingerprint density at radius 2 is 1.96 bits per heavy atom. The fourth-order valence-corrected chi connectivity index (χ4v) is 2.32. The van der Waals surface area contributed by atoms with Crippen LogP contribution in [0.25, 0.3) is 5.69 Å². The van der Waals surface area contributed by atoms with Crippen molar-refractivity contribution in [2.75, 3.05) is 6.54 Å². The number of halogens is 1. The second-order valence-electron chi connectivity index (χ2n) is 5.73. The monoisotopic (exact) mass is 377 g/mol. The minimum Gasteiger partial charge on any atom is -0.448 e. The topological polar surface area (TPSA) is 90.3 Å². The standard InChI is InChI=1S/C18H20ClN3O4/c1-4-9-20-17(24)12(3)26-18(25)16-15(23)10-11(2)22(21-16)14-7-5-13(19)6-8-14/h5-8,10,12H,4,9H2,1-3H3,(H,20,24)/t12-/m0/s1. The highest BCUT2D eigenvalue weighted by molar-refractivity contribution is 6.30. The molecule has 0 radical (unpaired) electrons. The smallest absolute Gasteiger partial charge is 0.363 e. The van der Waals surface area contributed by atoms with Crippen molar-refractivity contribution >= 4 is 23.5 Å². The van der Waals surface area contributed by atoms with Gasteiger partial charge in [0.2, 0.25) is 11.1 Å². The second-order valence-corrected chi connectivity index (χ2v) is 6.16. The fourth-order valence-electron chi connectivity index (χ4n) is 2.19. The molecule has 1 atom stereocenters. The number of rotatable bonds is 6. The average Bonchev–Trinajstić information content (AvgIpc) is 2.60. The van der Waals surface area contributed by atoms with Gasteiger partial charge in [-0.25, -0.2) is 9.48 Å². The van der Waals surface area contributed by atoms with Crippen LogP contribution in [0.2, 0.25) is 5.02 Å². The number of aryl methyl sites for hydroxylation is 1. The zero-order chi connectivity index (χ0) is 19.3. The van der Waals surface area contributed by atoms with Gasteiger partial charge in [-0.1, -0.05) is 18.5 Å². The summed E-state index contributed by atoms with van der Waals surface area (Å²) in [5.41, 5.74) is 0.219. The molecule has 2 aromatic rings. The van der Waals surface area contributed by atoms with Gasteiger partial charge in [0.05, 0.1) is 5.69 Å². The first-order valence-corrected chi connectivity index (χ1v) is 8.57. The molecule has 0 fully saturated rings. The number of esters is 1. The van der Waals surface area contributed by atoms with E-state index in [4.69, 9.17) is 16.3 Å². The van der Waals surface area contributed by atoms with E-state index < -0.39 is 23.4 Å². The van der Waals surface area contributed by atoms with E-state index >= 15 is 0 Å². The Labute approximate surface area is 155 Å². The zero-order valence-electron chi connectivity index (χ0n) is 14.8. The summed E-state index contributed by atoms with van der Waals surface area (Å²) in [5.74, 6) is -1.37. The Morgan fingerprint density at radius 1 is 1.31 bits per heavy atom. The highest BCUT2D eigenvalue weighted by Gasteiger charge is 2.22. The van der Waals surface area contributed by atoms with Crippen molar-refractivity contribution in [1.82, 2.24) is 15.1 Å². The molecule has 138 valence electrons. The van der Waals surface area contributed by atoms with Crippen LogP contribution in [-0.2, 0) is 9.53 Å². The number of hydrogen-bond donors (Lipinski definition) is 1. The molecule has 0 bridgehead atoms. The largest absolute Gasteiger partial charge is 0.448 e. The van der Waals surface area contributed by atoms with Crippen molar-refractivity contribution in [1.29, 1.82) is 0 Å². The summed E-state index contributed by atoms with van der Waals surface area (Å²) in [6, 6.07) is 8.06. The summed E-state index contributed by atoms with van der Waals surface area (Å²) >= 11 is 5.88. The van der Waals surface area contributed by atoms with Crippen LogP contribution in [-0.4, -0.2) is 34.3 Å². The number of aromatic nitrogens is 2. The molecule has 8 heteroatoms. The van der Waals surface area contributed by atoms with E-state index in [9.17, 15) is 14.4 Å². The Balaban J connectivity index is 2.27. The normalized spacial score (nSPS) is 11.7. The van der Waals surface area contributed by atoms with Crippen LogP contribution in [0.4, 0.5) is 0 Å². The lowest BCUT2D eigenvalue weighted by Gasteiger charge is -2.14. The van der Waals surface area contributed by atoms with Gasteiger partial charge in [0, 0.05) is 23.3 Å². The van der Waals surface area contributed by atoms with Crippen LogP contribution >= 0.6 is 11.6 Å². The summed E-state index contributed by atoms with van der Waals surface area (Å²) in [5, 5.41) is 7.28. The highest BCUT2D eigenvalue weighted by atomic mass is 35.5. The first-order chi connectivity index (χ1) is 12.3. The van der Waals surface area contributed by atoms with E-state index in [1.54, 1.807) is 31.2 Å². The lowest BCUT2D eigenvalue weighted by molar-refractivity contribution is -0.129. The van der Waals surface area contributed by atoms with Gasteiger partial charge in [-0.15, -0.1) is 0 Å². The van der Waals surface area contributed by atoms with E-state index in [1.165, 1.54) is 17.7 Å². The lowest BCUT2D eigenvalue weighted by Crippen LogP contribution is -2.37. The summed E-state index contributed by atoms with van der Waals surface area (Å²) < 4.78 is 6.52. The molecule has 7 nitrogen and oxygen atoms in total. The number of amides is 1. The van der Waals surface area contributed by atoms with Crippen LogP contribution in [0.1, 0.15) is 36.5 Å². The number of ether oxygens (including phenoxy) is 1. The summed E-state index contributed by atoms with van der Waals surface area (Å²) in [6.45, 7) is 5.52. The van der Waals surface area contributed by atoms with Crippen LogP contribution in [0.3, 0.4) is 0 Å². The molecule has 1 heterocycles. The fraction of sp³-hybridized carbons (Fsp3) is 0.333. The average molecular weight is 378 g/mol. The van der Waals surface area contributed by atoms with Gasteiger partial charge in [-0.3, -0.25) is 9.59 Å². The lowest BCUT2D eigenvalue weighted by atomic mass is 10.3. The van der Waals surface area contributed by atoms with E-state index in [1.807, 2.05) is 6.92 Å². The van der Waals surface area contributed by atoms with E-state index in [0.29, 0.717) is 22.9 Å². The highest BCUT2D eigenvalue weighted by Crippen LogP contribution is 2.14. The zero-order valence-corrected chi connectivity index (χ0v) is 15.5. The number of nitrogens with zero attached hydrogens (tertiary/aromatic N) is 2. The molecule has 0 spiro atoms. The van der Waals surface area contributed by atoms with Crippen molar-refractivity contribution in [2.45, 2.75) is 33.3 Å². The third-order valence-corrected chi connectivity index (χ3v) is 3.83. The van der Waals surface area contributed by atoms with Crippen molar-refractivity contribution in [3.05, 3.63) is 57.0 Å². The SMILES string of the molecule is CCCNC(=O)[C@H](C)OC(=O)c1nn(-c2ccc(Cl)cc2)c(C)cc1=O. The number of benzene rings is 1. The van der Waals surface area contributed by atoms with Gasteiger partial charge in [-0.05, 0) is 44.5 Å². The molecule has 1 amide bonds. The summed E-state index contributed by atoms with van der Waals surface area (Å²) in [4.78, 5) is 36.3. The molecular weight excluding hydrogens is 358 g/mol. The predicted octanol–water partition coefficient (Wildman–Crippen LogP) is 2.27. The molecule has 0 unspecified atom stereocenters. The molecular formula is C18H20ClN3O4. The second kappa shape index (κ2) is 8.62. The Kier molecular flexibility index (Phi) is 6.52. The number of carbonyl (C=O) groups is 2. The molecule has 0 aliphatic rings. The van der Waals surface area contributed by atoms with E-state index in [0.717, 1.165) is 6.42 Å². The van der Waals surface area contributed by atoms with E-state index in [2.05, 4.69) is 10.4 Å². The molecule has 0 saturated heterocycles. The van der Waals surface area contributed by atoms with Gasteiger partial charge >= 0.3 is 5.97 Å². The minimum atomic E-state index is -1.03. The molecule has 1 aromatic carbocycles. The predicted molar refractivity (Wildman–Crippen MR) is 97.8 cm³/mol. The Bertz CT molecular complexity index is 862. The molecule has 0 aliphatic heterocycles. The van der Waals surface area contributed by atoms with Crippen LogP contribution in [0.5, 0.6) is 0 Å². The molecule has 0 aliphatic carbocycles. The van der Waals surface area contributed by atoms with Crippen molar-refractivity contribution in [3.8, 4) is 5.69 Å². The van der Waals surface area contributed by atoms with Crippen molar-refractivity contribution in [3.63, 3.8) is 0 Å². The quantitative estimate of drug-likeness (QED) is 0.780.